The molecule has 1 aliphatic rings. The normalized spacial score (nSPS) is 25.7. The Morgan fingerprint density at radius 2 is 2.24 bits per heavy atom. The van der Waals surface area contributed by atoms with Gasteiger partial charge in [0.2, 0.25) is 5.91 Å². The van der Waals surface area contributed by atoms with Crippen LogP contribution in [0.2, 0.25) is 0 Å². The number of carbonyl (C=O) groups excluding carboxylic acids is 1. The Bertz CT molecular complexity index is 529. The minimum absolute atomic E-state index is 0.0484. The van der Waals surface area contributed by atoms with E-state index in [1.807, 2.05) is 25.1 Å². The molecule has 1 heterocycles. The Morgan fingerprint density at radius 3 is 2.81 bits per heavy atom. The van der Waals surface area contributed by atoms with Gasteiger partial charge in [0.05, 0.1) is 12.1 Å². The molecule has 2 rings (SSSR count). The number of benzene rings is 1. The van der Waals surface area contributed by atoms with E-state index in [1.165, 1.54) is 6.92 Å². The molecule has 1 aromatic rings. The predicted octanol–water partition coefficient (Wildman–Crippen LogP) is 3.26. The van der Waals surface area contributed by atoms with E-state index in [2.05, 4.69) is 19.2 Å². The van der Waals surface area contributed by atoms with Crippen LogP contribution in [-0.4, -0.2) is 16.6 Å². The monoisotopic (exact) mass is 291 g/mol. The van der Waals surface area contributed by atoms with Gasteiger partial charge in [0.25, 0.3) is 0 Å². The van der Waals surface area contributed by atoms with Crippen molar-refractivity contribution in [1.29, 1.82) is 0 Å². The number of ether oxygens (including phenoxy) is 1. The third-order valence-corrected chi connectivity index (χ3v) is 4.30. The number of hydrogen-bond donors (Lipinski definition) is 2. The van der Waals surface area contributed by atoms with Crippen LogP contribution >= 0.6 is 0 Å². The van der Waals surface area contributed by atoms with Gasteiger partial charge in [-0.3, -0.25) is 4.79 Å². The Morgan fingerprint density at radius 1 is 1.52 bits per heavy atom. The molecule has 116 valence electrons. The topological polar surface area (TPSA) is 58.6 Å². The molecule has 1 aromatic carbocycles. The first-order chi connectivity index (χ1) is 9.88. The van der Waals surface area contributed by atoms with Gasteiger partial charge in [0, 0.05) is 18.9 Å². The van der Waals surface area contributed by atoms with Crippen molar-refractivity contribution in [3.63, 3.8) is 0 Å². The van der Waals surface area contributed by atoms with E-state index < -0.39 is 6.10 Å². The van der Waals surface area contributed by atoms with Crippen molar-refractivity contribution >= 4 is 5.91 Å². The van der Waals surface area contributed by atoms with Crippen molar-refractivity contribution < 1.29 is 14.6 Å². The summed E-state index contributed by atoms with van der Waals surface area (Å²) in [5.41, 5.74) is 1.56. The molecule has 0 bridgehead atoms. The summed E-state index contributed by atoms with van der Waals surface area (Å²) in [6.45, 7) is 7.63. The number of nitrogens with one attached hydrogen (secondary N) is 1. The van der Waals surface area contributed by atoms with Crippen molar-refractivity contribution in [2.75, 3.05) is 0 Å². The van der Waals surface area contributed by atoms with Crippen LogP contribution in [0.3, 0.4) is 0 Å². The molecule has 0 aliphatic carbocycles. The highest BCUT2D eigenvalue weighted by Gasteiger charge is 2.36. The summed E-state index contributed by atoms with van der Waals surface area (Å²) in [4.78, 5) is 11.5. The number of aliphatic hydroxyl groups excluding tert-OH is 1. The van der Waals surface area contributed by atoms with Gasteiger partial charge in [-0.05, 0) is 37.5 Å². The Kier molecular flexibility index (Phi) is 4.57. The second-order valence-corrected chi connectivity index (χ2v) is 6.08. The lowest BCUT2D eigenvalue weighted by Gasteiger charge is -2.40. The van der Waals surface area contributed by atoms with Crippen LogP contribution < -0.4 is 10.1 Å². The molecule has 3 unspecified atom stereocenters. The lowest BCUT2D eigenvalue weighted by molar-refractivity contribution is -0.120. The average Bonchev–Trinajstić information content (AvgIpc) is 2.45. The Labute approximate surface area is 126 Å². The highest BCUT2D eigenvalue weighted by molar-refractivity contribution is 5.73. The van der Waals surface area contributed by atoms with Crippen molar-refractivity contribution in [3.05, 3.63) is 29.3 Å². The molecular formula is C17H25NO3. The molecule has 0 spiro atoms. The van der Waals surface area contributed by atoms with Crippen LogP contribution in [0.5, 0.6) is 5.75 Å². The van der Waals surface area contributed by atoms with Crippen LogP contribution in [0, 0.1) is 0 Å². The van der Waals surface area contributed by atoms with Crippen molar-refractivity contribution in [3.8, 4) is 5.75 Å². The molecule has 4 nitrogen and oxygen atoms in total. The van der Waals surface area contributed by atoms with E-state index >= 15 is 0 Å². The number of rotatable bonds is 4. The molecular weight excluding hydrogens is 266 g/mol. The molecule has 0 fully saturated rings. The van der Waals surface area contributed by atoms with Crippen LogP contribution in [0.25, 0.3) is 0 Å². The third-order valence-electron chi connectivity index (χ3n) is 4.30. The number of aliphatic hydroxyl groups is 1. The van der Waals surface area contributed by atoms with E-state index in [9.17, 15) is 9.90 Å². The van der Waals surface area contributed by atoms with Gasteiger partial charge in [-0.1, -0.05) is 19.9 Å². The minimum Gasteiger partial charge on any atom is -0.487 e. The molecule has 0 radical (unpaired) electrons. The van der Waals surface area contributed by atoms with Crippen molar-refractivity contribution in [2.24, 2.45) is 0 Å². The van der Waals surface area contributed by atoms with Crippen LogP contribution in [0.1, 0.15) is 70.2 Å². The second kappa shape index (κ2) is 6.06. The van der Waals surface area contributed by atoms with Gasteiger partial charge in [0.1, 0.15) is 11.4 Å². The second-order valence-electron chi connectivity index (χ2n) is 6.08. The summed E-state index contributed by atoms with van der Waals surface area (Å²) < 4.78 is 6.12. The number of amides is 1. The van der Waals surface area contributed by atoms with Crippen LogP contribution in [0.15, 0.2) is 18.2 Å². The van der Waals surface area contributed by atoms with Crippen molar-refractivity contribution in [1.82, 2.24) is 5.32 Å². The first-order valence-corrected chi connectivity index (χ1v) is 7.66. The molecule has 1 aliphatic heterocycles. The number of carbonyl (C=O) groups is 1. The number of fused-ring (bicyclic) bond motifs is 1. The summed E-state index contributed by atoms with van der Waals surface area (Å²) in [7, 11) is 0. The van der Waals surface area contributed by atoms with E-state index in [0.717, 1.165) is 29.7 Å². The Balaban J connectivity index is 2.41. The SMILES string of the molecule is CCC(O)c1ccc2c(c1)C(NC(C)=O)CC(C)(CC)O2. The summed E-state index contributed by atoms with van der Waals surface area (Å²) in [6.07, 6.45) is 1.80. The molecule has 4 heteroatoms. The Hall–Kier alpha value is -1.55. The van der Waals surface area contributed by atoms with Gasteiger partial charge in [-0.2, -0.15) is 0 Å². The minimum atomic E-state index is -0.479. The smallest absolute Gasteiger partial charge is 0.217 e. The van der Waals surface area contributed by atoms with Gasteiger partial charge in [-0.25, -0.2) is 0 Å². The maximum Gasteiger partial charge on any atom is 0.217 e. The maximum absolute atomic E-state index is 11.5. The standard InChI is InChI=1S/C17H25NO3/c1-5-15(20)12-7-8-16-13(9-12)14(18-11(3)19)10-17(4,6-2)21-16/h7-9,14-15,20H,5-6,10H2,1-4H3,(H,18,19). The lowest BCUT2D eigenvalue weighted by atomic mass is 9.85. The first kappa shape index (κ1) is 15.8. The average molecular weight is 291 g/mol. The highest BCUT2D eigenvalue weighted by atomic mass is 16.5. The fraction of sp³-hybridized carbons (Fsp3) is 0.588. The van der Waals surface area contributed by atoms with Gasteiger partial charge < -0.3 is 15.2 Å². The molecule has 2 N–H and O–H groups in total. The number of hydrogen-bond acceptors (Lipinski definition) is 3. The largest absolute Gasteiger partial charge is 0.487 e. The quantitative estimate of drug-likeness (QED) is 0.895. The fourth-order valence-electron chi connectivity index (χ4n) is 2.81. The zero-order valence-electron chi connectivity index (χ0n) is 13.3. The van der Waals surface area contributed by atoms with Gasteiger partial charge in [0.15, 0.2) is 0 Å². The van der Waals surface area contributed by atoms with E-state index in [1.54, 1.807) is 0 Å². The van der Waals surface area contributed by atoms with Crippen LogP contribution in [0.4, 0.5) is 0 Å². The van der Waals surface area contributed by atoms with Crippen LogP contribution in [-0.2, 0) is 4.79 Å². The van der Waals surface area contributed by atoms with E-state index in [0.29, 0.717) is 6.42 Å². The zero-order valence-corrected chi connectivity index (χ0v) is 13.3. The first-order valence-electron chi connectivity index (χ1n) is 7.66. The zero-order chi connectivity index (χ0) is 15.6. The third kappa shape index (κ3) is 3.38. The van der Waals surface area contributed by atoms with Gasteiger partial charge in [-0.15, -0.1) is 0 Å². The molecule has 0 saturated heterocycles. The molecule has 0 saturated carbocycles. The lowest BCUT2D eigenvalue weighted by Crippen LogP contribution is -2.42. The van der Waals surface area contributed by atoms with E-state index in [-0.39, 0.29) is 17.6 Å². The summed E-state index contributed by atoms with van der Waals surface area (Å²) in [5.74, 6) is 0.754. The highest BCUT2D eigenvalue weighted by Crippen LogP contribution is 2.42. The molecule has 0 aromatic heterocycles. The fourth-order valence-corrected chi connectivity index (χ4v) is 2.81. The summed E-state index contributed by atoms with van der Waals surface area (Å²) >= 11 is 0. The predicted molar refractivity (Wildman–Crippen MR) is 82.2 cm³/mol. The maximum atomic E-state index is 11.5. The summed E-state index contributed by atoms with van der Waals surface area (Å²) in [5, 5.41) is 13.0. The molecule has 3 atom stereocenters. The molecule has 21 heavy (non-hydrogen) atoms. The van der Waals surface area contributed by atoms with Crippen molar-refractivity contribution in [2.45, 2.75) is 64.7 Å². The van der Waals surface area contributed by atoms with E-state index in [4.69, 9.17) is 4.74 Å². The molecule has 1 amide bonds. The van der Waals surface area contributed by atoms with Gasteiger partial charge >= 0.3 is 0 Å². The summed E-state index contributed by atoms with van der Waals surface area (Å²) in [6, 6.07) is 5.70.